The van der Waals surface area contributed by atoms with Crippen molar-refractivity contribution in [3.8, 4) is 0 Å². The van der Waals surface area contributed by atoms with E-state index in [0.29, 0.717) is 29.5 Å². The molecule has 1 aromatic carbocycles. The highest BCUT2D eigenvalue weighted by Crippen LogP contribution is 2.32. The van der Waals surface area contributed by atoms with E-state index in [1.165, 1.54) is 11.3 Å². The number of benzene rings is 1. The third kappa shape index (κ3) is 3.48. The summed E-state index contributed by atoms with van der Waals surface area (Å²) in [6, 6.07) is 9.80. The maximum atomic E-state index is 12.6. The molecule has 0 radical (unpaired) electrons. The molecule has 1 N–H and O–H groups in total. The molecule has 5 nitrogen and oxygen atoms in total. The average Bonchev–Trinajstić information content (AvgIpc) is 3.19. The minimum Gasteiger partial charge on any atom is -0.347 e. The monoisotopic (exact) mass is 343 g/mol. The summed E-state index contributed by atoms with van der Waals surface area (Å²) >= 11 is 1.31. The van der Waals surface area contributed by atoms with Crippen molar-refractivity contribution in [1.82, 2.24) is 10.3 Å². The van der Waals surface area contributed by atoms with Crippen LogP contribution in [0.25, 0.3) is 0 Å². The van der Waals surface area contributed by atoms with E-state index < -0.39 is 0 Å². The van der Waals surface area contributed by atoms with Gasteiger partial charge >= 0.3 is 0 Å². The SMILES string of the molecule is CC(C)c1nc(N2CCCC2=O)sc1C(=O)NCc1ccccc1. The van der Waals surface area contributed by atoms with E-state index in [0.717, 1.165) is 17.7 Å². The van der Waals surface area contributed by atoms with Crippen molar-refractivity contribution in [3.63, 3.8) is 0 Å². The molecule has 0 saturated carbocycles. The highest BCUT2D eigenvalue weighted by atomic mass is 32.1. The molecular formula is C18H21N3O2S. The van der Waals surface area contributed by atoms with E-state index in [2.05, 4.69) is 10.3 Å². The maximum Gasteiger partial charge on any atom is 0.263 e. The molecule has 24 heavy (non-hydrogen) atoms. The lowest BCUT2D eigenvalue weighted by Gasteiger charge is -2.10. The third-order valence-corrected chi connectivity index (χ3v) is 5.09. The molecule has 0 unspecified atom stereocenters. The Bertz CT molecular complexity index is 740. The molecule has 2 amide bonds. The van der Waals surface area contributed by atoms with Gasteiger partial charge in [0.15, 0.2) is 5.13 Å². The largest absolute Gasteiger partial charge is 0.347 e. The van der Waals surface area contributed by atoms with Gasteiger partial charge in [-0.15, -0.1) is 0 Å². The van der Waals surface area contributed by atoms with Crippen molar-refractivity contribution >= 4 is 28.3 Å². The summed E-state index contributed by atoms with van der Waals surface area (Å²) in [5.41, 5.74) is 1.82. The number of thiazole rings is 1. The van der Waals surface area contributed by atoms with Crippen LogP contribution in [0.5, 0.6) is 0 Å². The van der Waals surface area contributed by atoms with Crippen molar-refractivity contribution in [3.05, 3.63) is 46.5 Å². The molecule has 3 rings (SSSR count). The fraction of sp³-hybridized carbons (Fsp3) is 0.389. The Morgan fingerprint density at radius 1 is 1.33 bits per heavy atom. The Kier molecular flexibility index (Phi) is 4.94. The smallest absolute Gasteiger partial charge is 0.263 e. The summed E-state index contributed by atoms with van der Waals surface area (Å²) < 4.78 is 0. The molecule has 6 heteroatoms. The number of hydrogen-bond donors (Lipinski definition) is 1. The van der Waals surface area contributed by atoms with Gasteiger partial charge in [-0.2, -0.15) is 0 Å². The maximum absolute atomic E-state index is 12.6. The molecule has 2 heterocycles. The minimum atomic E-state index is -0.127. The fourth-order valence-corrected chi connectivity index (χ4v) is 3.88. The number of nitrogens with zero attached hydrogens (tertiary/aromatic N) is 2. The Labute approximate surface area is 145 Å². The van der Waals surface area contributed by atoms with Gasteiger partial charge in [0.1, 0.15) is 4.88 Å². The first-order valence-corrected chi connectivity index (χ1v) is 9.01. The lowest BCUT2D eigenvalue weighted by atomic mass is 10.1. The van der Waals surface area contributed by atoms with Crippen LogP contribution >= 0.6 is 11.3 Å². The van der Waals surface area contributed by atoms with Crippen molar-refractivity contribution in [2.75, 3.05) is 11.4 Å². The second kappa shape index (κ2) is 7.13. The quantitative estimate of drug-likeness (QED) is 0.906. The van der Waals surface area contributed by atoms with Crippen molar-refractivity contribution in [2.24, 2.45) is 0 Å². The Hall–Kier alpha value is -2.21. The first-order valence-electron chi connectivity index (χ1n) is 8.19. The van der Waals surface area contributed by atoms with Gasteiger partial charge in [-0.3, -0.25) is 14.5 Å². The summed E-state index contributed by atoms with van der Waals surface area (Å²) in [4.78, 5) is 31.4. The number of anilines is 1. The molecule has 0 atom stereocenters. The fourth-order valence-electron chi connectivity index (χ4n) is 2.70. The number of hydrogen-bond acceptors (Lipinski definition) is 4. The molecule has 0 aliphatic carbocycles. The zero-order valence-electron chi connectivity index (χ0n) is 13.9. The molecule has 0 bridgehead atoms. The van der Waals surface area contributed by atoms with Crippen molar-refractivity contribution in [2.45, 2.75) is 39.2 Å². The molecule has 2 aromatic rings. The molecular weight excluding hydrogens is 322 g/mol. The van der Waals surface area contributed by atoms with Gasteiger partial charge < -0.3 is 5.32 Å². The first-order chi connectivity index (χ1) is 11.6. The van der Waals surface area contributed by atoms with Crippen molar-refractivity contribution < 1.29 is 9.59 Å². The highest BCUT2D eigenvalue weighted by Gasteiger charge is 2.28. The van der Waals surface area contributed by atoms with Gasteiger partial charge in [0.05, 0.1) is 5.69 Å². The minimum absolute atomic E-state index is 0.0929. The van der Waals surface area contributed by atoms with Crippen molar-refractivity contribution in [1.29, 1.82) is 0 Å². The number of amides is 2. The van der Waals surface area contributed by atoms with Crippen LogP contribution in [0.4, 0.5) is 5.13 Å². The number of carbonyl (C=O) groups is 2. The third-order valence-electron chi connectivity index (χ3n) is 4.00. The standard InChI is InChI=1S/C18H21N3O2S/c1-12(2)15-16(17(23)19-11-13-7-4-3-5-8-13)24-18(20-15)21-10-6-9-14(21)22/h3-5,7-8,12H,6,9-11H2,1-2H3,(H,19,23). The highest BCUT2D eigenvalue weighted by molar-refractivity contribution is 7.17. The van der Waals surface area contributed by atoms with Crippen LogP contribution in [-0.2, 0) is 11.3 Å². The summed E-state index contributed by atoms with van der Waals surface area (Å²) in [6.07, 6.45) is 1.41. The zero-order chi connectivity index (χ0) is 17.1. The van der Waals surface area contributed by atoms with Gasteiger partial charge in [-0.05, 0) is 17.9 Å². The summed E-state index contributed by atoms with van der Waals surface area (Å²) in [5, 5.41) is 3.60. The normalized spacial score (nSPS) is 14.5. The Morgan fingerprint density at radius 3 is 2.71 bits per heavy atom. The molecule has 1 aliphatic heterocycles. The Balaban J connectivity index is 1.79. The first kappa shape index (κ1) is 16.6. The molecule has 1 aromatic heterocycles. The number of carbonyl (C=O) groups excluding carboxylic acids is 2. The van der Waals surface area contributed by atoms with Gasteiger partial charge in [-0.1, -0.05) is 55.5 Å². The predicted molar refractivity (Wildman–Crippen MR) is 95.4 cm³/mol. The molecule has 1 saturated heterocycles. The van der Waals surface area contributed by atoms with Crippen LogP contribution in [0.3, 0.4) is 0 Å². The van der Waals surface area contributed by atoms with Gasteiger partial charge in [-0.25, -0.2) is 4.98 Å². The molecule has 126 valence electrons. The van der Waals surface area contributed by atoms with Crippen LogP contribution in [0.2, 0.25) is 0 Å². The van der Waals surface area contributed by atoms with Crippen LogP contribution in [0, 0.1) is 0 Å². The lowest BCUT2D eigenvalue weighted by molar-refractivity contribution is -0.117. The van der Waals surface area contributed by atoms with E-state index >= 15 is 0 Å². The van der Waals surface area contributed by atoms with E-state index in [-0.39, 0.29) is 17.7 Å². The second-order valence-corrected chi connectivity index (χ2v) is 7.16. The van der Waals surface area contributed by atoms with E-state index in [9.17, 15) is 9.59 Å². The topological polar surface area (TPSA) is 62.3 Å². The summed E-state index contributed by atoms with van der Waals surface area (Å²) in [7, 11) is 0. The summed E-state index contributed by atoms with van der Waals surface area (Å²) in [5.74, 6) is 0.0958. The molecule has 1 fully saturated rings. The number of aromatic nitrogens is 1. The van der Waals surface area contributed by atoms with E-state index in [4.69, 9.17) is 0 Å². The van der Waals surface area contributed by atoms with Crippen LogP contribution in [-0.4, -0.2) is 23.3 Å². The number of nitrogens with one attached hydrogen (secondary N) is 1. The van der Waals surface area contributed by atoms with Gasteiger partial charge in [0.25, 0.3) is 5.91 Å². The average molecular weight is 343 g/mol. The lowest BCUT2D eigenvalue weighted by Crippen LogP contribution is -2.23. The Morgan fingerprint density at radius 2 is 2.08 bits per heavy atom. The van der Waals surface area contributed by atoms with Crippen LogP contribution < -0.4 is 10.2 Å². The molecule has 0 spiro atoms. The predicted octanol–water partition coefficient (Wildman–Crippen LogP) is 3.32. The van der Waals surface area contributed by atoms with Gasteiger partial charge in [0.2, 0.25) is 5.91 Å². The van der Waals surface area contributed by atoms with Crippen LogP contribution in [0.15, 0.2) is 30.3 Å². The second-order valence-electron chi connectivity index (χ2n) is 6.18. The summed E-state index contributed by atoms with van der Waals surface area (Å²) in [6.45, 7) is 5.19. The number of rotatable bonds is 5. The van der Waals surface area contributed by atoms with Crippen LogP contribution in [0.1, 0.15) is 53.5 Å². The zero-order valence-corrected chi connectivity index (χ0v) is 14.7. The van der Waals surface area contributed by atoms with Gasteiger partial charge in [0, 0.05) is 19.5 Å². The molecule has 1 aliphatic rings. The van der Waals surface area contributed by atoms with E-state index in [1.54, 1.807) is 4.90 Å². The van der Waals surface area contributed by atoms with E-state index in [1.807, 2.05) is 44.2 Å².